The number of hydrogen-bond acceptors (Lipinski definition) is 3. The van der Waals surface area contributed by atoms with Gasteiger partial charge in [-0.2, -0.15) is 0 Å². The lowest BCUT2D eigenvalue weighted by molar-refractivity contribution is 0.415. The number of methoxy groups -OCH3 is 1. The summed E-state index contributed by atoms with van der Waals surface area (Å²) < 4.78 is 6.47. The van der Waals surface area contributed by atoms with Crippen molar-refractivity contribution >= 4 is 33.6 Å². The van der Waals surface area contributed by atoms with E-state index in [2.05, 4.69) is 50.9 Å². The van der Waals surface area contributed by atoms with Gasteiger partial charge in [0.25, 0.3) is 0 Å². The maximum absolute atomic E-state index is 5.36. The molecule has 102 valence electrons. The van der Waals surface area contributed by atoms with Crippen molar-refractivity contribution in [2.75, 3.05) is 12.0 Å². The van der Waals surface area contributed by atoms with Crippen molar-refractivity contribution in [1.29, 1.82) is 0 Å². The summed E-state index contributed by atoms with van der Waals surface area (Å²) in [6, 6.07) is 12.2. The predicted octanol–water partition coefficient (Wildman–Crippen LogP) is 4.45. The normalized spacial score (nSPS) is 13.2. The summed E-state index contributed by atoms with van der Waals surface area (Å²) in [5, 5.41) is 0. The lowest BCUT2D eigenvalue weighted by Gasteiger charge is -2.26. The summed E-state index contributed by atoms with van der Waals surface area (Å²) in [6.07, 6.45) is 1.87. The molecule has 3 nitrogen and oxygen atoms in total. The third-order valence-corrected chi connectivity index (χ3v) is 4.38. The predicted molar refractivity (Wildman–Crippen MR) is 86.2 cm³/mol. The lowest BCUT2D eigenvalue weighted by atomic mass is 10.1. The van der Waals surface area contributed by atoms with Crippen LogP contribution in [0.1, 0.15) is 11.1 Å². The molecule has 1 aliphatic heterocycles. The Kier molecular flexibility index (Phi) is 3.49. The summed E-state index contributed by atoms with van der Waals surface area (Å²) in [5.41, 5.74) is 4.48. The number of ether oxygens (including phenoxy) is 1. The van der Waals surface area contributed by atoms with Gasteiger partial charge < -0.3 is 9.64 Å². The standard InChI is InChI=1S/C16H15BrN2O/c1-11-13(17)6-4-7-14(11)19-9-12-5-3-8-15(20-2)16(12)18-10-19/h3-8,10H,9H2,1-2H3. The molecule has 0 radical (unpaired) electrons. The highest BCUT2D eigenvalue weighted by molar-refractivity contribution is 9.10. The van der Waals surface area contributed by atoms with Gasteiger partial charge in [-0.05, 0) is 30.7 Å². The van der Waals surface area contributed by atoms with E-state index in [-0.39, 0.29) is 0 Å². The molecular formula is C16H15BrN2O. The fourth-order valence-electron chi connectivity index (χ4n) is 2.41. The molecule has 0 saturated carbocycles. The van der Waals surface area contributed by atoms with Gasteiger partial charge in [0.05, 0.1) is 20.0 Å². The van der Waals surface area contributed by atoms with Gasteiger partial charge in [0, 0.05) is 15.7 Å². The number of para-hydroxylation sites is 1. The smallest absolute Gasteiger partial charge is 0.144 e. The molecule has 0 spiro atoms. The number of fused-ring (bicyclic) bond motifs is 1. The van der Waals surface area contributed by atoms with Crippen LogP contribution in [0.3, 0.4) is 0 Å². The molecule has 1 aliphatic rings. The number of halogens is 1. The Morgan fingerprint density at radius 3 is 2.80 bits per heavy atom. The van der Waals surface area contributed by atoms with Crippen LogP contribution in [-0.4, -0.2) is 13.4 Å². The van der Waals surface area contributed by atoms with Gasteiger partial charge in [-0.15, -0.1) is 0 Å². The first-order chi connectivity index (χ1) is 9.70. The number of hydrogen-bond donors (Lipinski definition) is 0. The highest BCUT2D eigenvalue weighted by atomic mass is 79.9. The molecule has 0 bridgehead atoms. The highest BCUT2D eigenvalue weighted by Gasteiger charge is 2.18. The summed E-state index contributed by atoms with van der Waals surface area (Å²) >= 11 is 3.58. The third kappa shape index (κ3) is 2.20. The SMILES string of the molecule is COc1cccc2c1N=CN(c1cccc(Br)c1C)C2. The average molecular weight is 331 g/mol. The zero-order chi connectivity index (χ0) is 14.1. The van der Waals surface area contributed by atoms with E-state index in [0.717, 1.165) is 28.1 Å². The second-order valence-corrected chi connectivity index (χ2v) is 5.58. The van der Waals surface area contributed by atoms with Crippen LogP contribution in [0.15, 0.2) is 45.9 Å². The number of benzene rings is 2. The first kappa shape index (κ1) is 13.2. The van der Waals surface area contributed by atoms with Crippen molar-refractivity contribution in [1.82, 2.24) is 0 Å². The summed E-state index contributed by atoms with van der Waals surface area (Å²) in [7, 11) is 1.68. The molecule has 0 unspecified atom stereocenters. The van der Waals surface area contributed by atoms with E-state index in [0.29, 0.717) is 0 Å². The fraction of sp³-hybridized carbons (Fsp3) is 0.188. The van der Waals surface area contributed by atoms with Gasteiger partial charge in [0.2, 0.25) is 0 Å². The van der Waals surface area contributed by atoms with Gasteiger partial charge in [-0.3, -0.25) is 0 Å². The maximum atomic E-state index is 5.36. The number of anilines is 1. The summed E-state index contributed by atoms with van der Waals surface area (Å²) in [6.45, 7) is 2.90. The van der Waals surface area contributed by atoms with Crippen LogP contribution in [0, 0.1) is 6.92 Å². The maximum Gasteiger partial charge on any atom is 0.144 e. The van der Waals surface area contributed by atoms with E-state index in [1.54, 1.807) is 7.11 Å². The van der Waals surface area contributed by atoms with Crippen LogP contribution in [0.5, 0.6) is 5.75 Å². The van der Waals surface area contributed by atoms with Crippen molar-refractivity contribution in [2.45, 2.75) is 13.5 Å². The molecule has 0 aromatic heterocycles. The van der Waals surface area contributed by atoms with Crippen LogP contribution >= 0.6 is 15.9 Å². The van der Waals surface area contributed by atoms with Crippen LogP contribution in [0.2, 0.25) is 0 Å². The molecule has 0 atom stereocenters. The largest absolute Gasteiger partial charge is 0.494 e. The topological polar surface area (TPSA) is 24.8 Å². The van der Waals surface area contributed by atoms with Crippen molar-refractivity contribution < 1.29 is 4.74 Å². The number of nitrogens with zero attached hydrogens (tertiary/aromatic N) is 2. The molecule has 0 fully saturated rings. The van der Waals surface area contributed by atoms with E-state index >= 15 is 0 Å². The minimum absolute atomic E-state index is 0.799. The second-order valence-electron chi connectivity index (χ2n) is 4.72. The molecule has 4 heteroatoms. The zero-order valence-corrected chi connectivity index (χ0v) is 13.0. The Labute approximate surface area is 127 Å². The Hall–Kier alpha value is -1.81. The zero-order valence-electron chi connectivity index (χ0n) is 11.4. The average Bonchev–Trinajstić information content (AvgIpc) is 2.49. The Morgan fingerprint density at radius 2 is 2.00 bits per heavy atom. The van der Waals surface area contributed by atoms with E-state index in [4.69, 9.17) is 4.74 Å². The van der Waals surface area contributed by atoms with Gasteiger partial charge in [-0.25, -0.2) is 4.99 Å². The molecule has 0 aliphatic carbocycles. The van der Waals surface area contributed by atoms with Gasteiger partial charge in [0.15, 0.2) is 0 Å². The molecule has 0 saturated heterocycles. The molecule has 0 N–H and O–H groups in total. The first-order valence-electron chi connectivity index (χ1n) is 6.42. The quantitative estimate of drug-likeness (QED) is 0.812. The van der Waals surface area contributed by atoms with Crippen molar-refractivity contribution in [2.24, 2.45) is 4.99 Å². The second kappa shape index (κ2) is 5.29. The molecule has 1 heterocycles. The third-order valence-electron chi connectivity index (χ3n) is 3.52. The highest BCUT2D eigenvalue weighted by Crippen LogP contribution is 2.36. The van der Waals surface area contributed by atoms with Crippen LogP contribution in [0.4, 0.5) is 11.4 Å². The molecule has 20 heavy (non-hydrogen) atoms. The van der Waals surface area contributed by atoms with E-state index in [1.165, 1.54) is 11.1 Å². The van der Waals surface area contributed by atoms with Crippen molar-refractivity contribution in [3.8, 4) is 5.75 Å². The van der Waals surface area contributed by atoms with Crippen molar-refractivity contribution in [3.05, 3.63) is 52.0 Å². The molecule has 3 rings (SSSR count). The van der Waals surface area contributed by atoms with Crippen molar-refractivity contribution in [3.63, 3.8) is 0 Å². The molecule has 2 aromatic rings. The van der Waals surface area contributed by atoms with E-state index in [1.807, 2.05) is 24.5 Å². The van der Waals surface area contributed by atoms with Crippen LogP contribution in [0.25, 0.3) is 0 Å². The summed E-state index contributed by atoms with van der Waals surface area (Å²) in [5.74, 6) is 0.823. The lowest BCUT2D eigenvalue weighted by Crippen LogP contribution is -2.24. The van der Waals surface area contributed by atoms with Gasteiger partial charge in [-0.1, -0.05) is 34.1 Å². The number of rotatable bonds is 2. The van der Waals surface area contributed by atoms with Gasteiger partial charge >= 0.3 is 0 Å². The molecule has 2 aromatic carbocycles. The summed E-state index contributed by atoms with van der Waals surface area (Å²) in [4.78, 5) is 6.71. The monoisotopic (exact) mass is 330 g/mol. The molecular weight excluding hydrogens is 316 g/mol. The van der Waals surface area contributed by atoms with E-state index < -0.39 is 0 Å². The number of aliphatic imine (C=N–C) groups is 1. The van der Waals surface area contributed by atoms with Gasteiger partial charge in [0.1, 0.15) is 11.4 Å². The molecule has 0 amide bonds. The Bertz CT molecular complexity index is 682. The minimum Gasteiger partial charge on any atom is -0.494 e. The van der Waals surface area contributed by atoms with E-state index in [9.17, 15) is 0 Å². The van der Waals surface area contributed by atoms with Crippen LogP contribution in [-0.2, 0) is 6.54 Å². The fourth-order valence-corrected chi connectivity index (χ4v) is 2.77. The first-order valence-corrected chi connectivity index (χ1v) is 7.22. The Morgan fingerprint density at radius 1 is 1.20 bits per heavy atom. The minimum atomic E-state index is 0.799. The van der Waals surface area contributed by atoms with Crippen LogP contribution < -0.4 is 9.64 Å². The Balaban J connectivity index is 2.00.